The number of rotatable bonds is 4. The first-order valence-corrected chi connectivity index (χ1v) is 7.46. The highest BCUT2D eigenvalue weighted by Crippen LogP contribution is 2.14. The first kappa shape index (κ1) is 13.1. The maximum absolute atomic E-state index is 11.8. The van der Waals surface area contributed by atoms with Crippen LogP contribution in [0.2, 0.25) is 0 Å². The third-order valence-corrected chi connectivity index (χ3v) is 4.58. The Bertz CT molecular complexity index is 565. The van der Waals surface area contributed by atoms with E-state index >= 15 is 0 Å². The Hall–Kier alpha value is -1.30. The minimum absolute atomic E-state index is 0.498. The van der Waals surface area contributed by atoms with Crippen molar-refractivity contribution in [1.29, 1.82) is 0 Å². The molecule has 0 saturated carbocycles. The summed E-state index contributed by atoms with van der Waals surface area (Å²) in [5.74, 6) is 0. The second kappa shape index (κ2) is 6.04. The largest absolute Gasteiger partial charge is 0.223 e. The van der Waals surface area contributed by atoms with Crippen molar-refractivity contribution in [2.75, 3.05) is 0 Å². The summed E-state index contributed by atoms with van der Waals surface area (Å²) in [6, 6.07) is 15.7. The van der Waals surface area contributed by atoms with Gasteiger partial charge in [0.25, 0.3) is 0 Å². The van der Waals surface area contributed by atoms with Crippen molar-refractivity contribution in [3.8, 4) is 0 Å². The molecule has 0 heterocycles. The van der Waals surface area contributed by atoms with Gasteiger partial charge in [0.1, 0.15) is 0 Å². The molecule has 0 spiro atoms. The highest BCUT2D eigenvalue weighted by atomic mass is 32.3. The molecule has 2 aromatic rings. The minimum atomic E-state index is -1.72. The van der Waals surface area contributed by atoms with E-state index in [4.69, 9.17) is 3.63 Å². The lowest BCUT2D eigenvalue weighted by molar-refractivity contribution is 0.565. The van der Waals surface area contributed by atoms with Crippen LogP contribution in [-0.2, 0) is 25.8 Å². The molecular weight excluding hydrogens is 268 g/mol. The van der Waals surface area contributed by atoms with Crippen molar-refractivity contribution in [2.24, 2.45) is 0 Å². The maximum Gasteiger partial charge on any atom is 0.203 e. The summed E-state index contributed by atoms with van der Waals surface area (Å²) in [5.41, 5.74) is 1.07. The Morgan fingerprint density at radius 2 is 1.28 bits per heavy atom. The first-order valence-electron chi connectivity index (χ1n) is 5.31. The summed E-state index contributed by atoms with van der Waals surface area (Å²) in [6.45, 7) is 1.94. The fourth-order valence-corrected chi connectivity index (χ4v) is 3.13. The van der Waals surface area contributed by atoms with Crippen LogP contribution < -0.4 is 0 Å². The molecule has 0 N–H and O–H groups in total. The lowest BCUT2D eigenvalue weighted by Gasteiger charge is -2.03. The van der Waals surface area contributed by atoms with Gasteiger partial charge in [-0.15, -0.1) is 0 Å². The van der Waals surface area contributed by atoms with E-state index in [1.54, 1.807) is 36.4 Å². The van der Waals surface area contributed by atoms with Gasteiger partial charge < -0.3 is 0 Å². The molecule has 0 amide bonds. The summed E-state index contributed by atoms with van der Waals surface area (Å²) in [4.78, 5) is 1.00. The topological polar surface area (TPSA) is 43.4 Å². The molecule has 5 heteroatoms. The summed E-state index contributed by atoms with van der Waals surface area (Å²) >= 11 is -3.44. The average molecular weight is 280 g/mol. The third kappa shape index (κ3) is 3.35. The van der Waals surface area contributed by atoms with Crippen molar-refractivity contribution in [1.82, 2.24) is 0 Å². The molecule has 0 radical (unpaired) electrons. The Balaban J connectivity index is 2.08. The quantitative estimate of drug-likeness (QED) is 0.865. The van der Waals surface area contributed by atoms with Crippen LogP contribution >= 0.6 is 0 Å². The van der Waals surface area contributed by atoms with Crippen LogP contribution in [0.1, 0.15) is 5.56 Å². The van der Waals surface area contributed by atoms with E-state index in [9.17, 15) is 8.42 Å². The molecular formula is C13H12O3S2. The van der Waals surface area contributed by atoms with E-state index in [2.05, 4.69) is 0 Å². The molecule has 0 saturated heterocycles. The molecule has 2 unspecified atom stereocenters. The van der Waals surface area contributed by atoms with Crippen LogP contribution in [0.25, 0.3) is 0 Å². The Kier molecular flexibility index (Phi) is 4.41. The van der Waals surface area contributed by atoms with Gasteiger partial charge in [-0.25, -0.2) is 8.42 Å². The van der Waals surface area contributed by atoms with Gasteiger partial charge in [-0.3, -0.25) is 0 Å². The van der Waals surface area contributed by atoms with Crippen LogP contribution in [0.15, 0.2) is 64.4 Å². The van der Waals surface area contributed by atoms with E-state index in [1.807, 2.05) is 25.1 Å². The van der Waals surface area contributed by atoms with Crippen molar-refractivity contribution < 1.29 is 12.0 Å². The van der Waals surface area contributed by atoms with Gasteiger partial charge in [0.2, 0.25) is 22.2 Å². The van der Waals surface area contributed by atoms with Crippen LogP contribution in [-0.4, -0.2) is 8.42 Å². The summed E-state index contributed by atoms with van der Waals surface area (Å²) in [5, 5.41) is 0. The average Bonchev–Trinajstić information content (AvgIpc) is 2.40. The van der Waals surface area contributed by atoms with E-state index in [-0.39, 0.29) is 0 Å². The van der Waals surface area contributed by atoms with Gasteiger partial charge in [-0.2, -0.15) is 3.63 Å². The first-order chi connectivity index (χ1) is 8.66. The molecule has 0 aliphatic heterocycles. The zero-order chi connectivity index (χ0) is 13.0. The molecule has 2 atom stereocenters. The van der Waals surface area contributed by atoms with Crippen LogP contribution in [0.4, 0.5) is 0 Å². The SMILES string of the molecule is Cc1ccc(S(=O)OS(=O)c2ccccc2)cc1. The predicted molar refractivity (Wildman–Crippen MR) is 71.5 cm³/mol. The van der Waals surface area contributed by atoms with E-state index in [0.717, 1.165) is 5.56 Å². The van der Waals surface area contributed by atoms with Gasteiger partial charge in [0.15, 0.2) is 0 Å². The number of aryl methyl sites for hydroxylation is 1. The molecule has 94 valence electrons. The van der Waals surface area contributed by atoms with Crippen LogP contribution in [0, 0.1) is 6.92 Å². The maximum atomic E-state index is 11.8. The second-order valence-electron chi connectivity index (χ2n) is 3.66. The molecule has 0 aliphatic carbocycles. The molecule has 0 aromatic heterocycles. The highest BCUT2D eigenvalue weighted by molar-refractivity contribution is 7.93. The van der Waals surface area contributed by atoms with Crippen molar-refractivity contribution in [3.05, 3.63) is 60.2 Å². The van der Waals surface area contributed by atoms with Gasteiger partial charge in [-0.05, 0) is 31.2 Å². The van der Waals surface area contributed by atoms with Gasteiger partial charge in [0, 0.05) is 0 Å². The monoisotopic (exact) mass is 280 g/mol. The van der Waals surface area contributed by atoms with E-state index in [1.165, 1.54) is 0 Å². The van der Waals surface area contributed by atoms with Gasteiger partial charge in [0.05, 0.1) is 9.79 Å². The Labute approximate surface area is 111 Å². The molecule has 0 fully saturated rings. The van der Waals surface area contributed by atoms with Gasteiger partial charge in [-0.1, -0.05) is 35.9 Å². The fourth-order valence-electron chi connectivity index (χ4n) is 1.32. The smallest absolute Gasteiger partial charge is 0.203 e. The van der Waals surface area contributed by atoms with Crippen molar-refractivity contribution in [3.63, 3.8) is 0 Å². The molecule has 0 aliphatic rings. The normalized spacial score (nSPS) is 14.1. The third-order valence-electron chi connectivity index (χ3n) is 2.27. The number of hydrogen-bond donors (Lipinski definition) is 0. The highest BCUT2D eigenvalue weighted by Gasteiger charge is 2.11. The number of hydrogen-bond acceptors (Lipinski definition) is 3. The molecule has 18 heavy (non-hydrogen) atoms. The van der Waals surface area contributed by atoms with Crippen molar-refractivity contribution >= 4 is 22.2 Å². The van der Waals surface area contributed by atoms with Crippen LogP contribution in [0.5, 0.6) is 0 Å². The lowest BCUT2D eigenvalue weighted by atomic mass is 10.2. The van der Waals surface area contributed by atoms with Crippen molar-refractivity contribution in [2.45, 2.75) is 16.7 Å². The standard InChI is InChI=1S/C13H12O3S2/c1-11-7-9-13(10-8-11)18(15)16-17(14)12-5-3-2-4-6-12/h2-10H,1H3. The molecule has 2 rings (SSSR count). The Morgan fingerprint density at radius 3 is 1.83 bits per heavy atom. The number of benzene rings is 2. The lowest BCUT2D eigenvalue weighted by Crippen LogP contribution is -2.02. The fraction of sp³-hybridized carbons (Fsp3) is 0.0769. The molecule has 0 bridgehead atoms. The Morgan fingerprint density at radius 1 is 0.778 bits per heavy atom. The van der Waals surface area contributed by atoms with Gasteiger partial charge >= 0.3 is 0 Å². The summed E-state index contributed by atoms with van der Waals surface area (Å²) in [7, 11) is 0. The second-order valence-corrected chi connectivity index (χ2v) is 6.09. The van der Waals surface area contributed by atoms with E-state index in [0.29, 0.717) is 9.79 Å². The summed E-state index contributed by atoms with van der Waals surface area (Å²) < 4.78 is 28.6. The minimum Gasteiger partial charge on any atom is -0.223 e. The van der Waals surface area contributed by atoms with Crippen LogP contribution in [0.3, 0.4) is 0 Å². The zero-order valence-electron chi connectivity index (χ0n) is 9.74. The summed E-state index contributed by atoms with van der Waals surface area (Å²) in [6.07, 6.45) is 0. The van der Waals surface area contributed by atoms with E-state index < -0.39 is 22.2 Å². The molecule has 2 aromatic carbocycles. The predicted octanol–water partition coefficient (Wildman–Crippen LogP) is 2.76. The molecule has 3 nitrogen and oxygen atoms in total. The zero-order valence-corrected chi connectivity index (χ0v) is 11.4.